The molecule has 3 aromatic rings. The summed E-state index contributed by atoms with van der Waals surface area (Å²) in [5, 5.41) is 4.85. The van der Waals surface area contributed by atoms with Crippen LogP contribution in [0.2, 0.25) is 5.02 Å². The number of aromatic nitrogens is 3. The fraction of sp³-hybridized carbons (Fsp3) is 0.455. The number of halogens is 1. The van der Waals surface area contributed by atoms with Crippen LogP contribution in [0.5, 0.6) is 0 Å². The summed E-state index contributed by atoms with van der Waals surface area (Å²) in [6.07, 6.45) is 2.26. The Hall–Kier alpha value is -2.10. The Kier molecular flexibility index (Phi) is 7.07. The molecule has 0 bridgehead atoms. The van der Waals surface area contributed by atoms with Crippen molar-refractivity contribution in [3.05, 3.63) is 39.1 Å². The Bertz CT molecular complexity index is 1200. The number of amides is 1. The van der Waals surface area contributed by atoms with E-state index in [1.165, 1.54) is 23.1 Å². The molecule has 1 saturated heterocycles. The lowest BCUT2D eigenvalue weighted by molar-refractivity contribution is -0.113. The minimum atomic E-state index is -0.182. The molecule has 0 saturated carbocycles. The first kappa shape index (κ1) is 23.1. The molecule has 1 fully saturated rings. The average molecular weight is 492 g/mol. The summed E-state index contributed by atoms with van der Waals surface area (Å²) < 4.78 is 2.19. The lowest BCUT2D eigenvalue weighted by Gasteiger charge is -2.29. The molecule has 0 aliphatic carbocycles. The molecule has 32 heavy (non-hydrogen) atoms. The minimum absolute atomic E-state index is 0.0970. The Morgan fingerprint density at radius 3 is 2.78 bits per heavy atom. The van der Waals surface area contributed by atoms with Crippen LogP contribution in [0.3, 0.4) is 0 Å². The second-order valence-electron chi connectivity index (χ2n) is 8.01. The van der Waals surface area contributed by atoms with Gasteiger partial charge < -0.3 is 10.2 Å². The van der Waals surface area contributed by atoms with Crippen LogP contribution in [0, 0.1) is 12.8 Å². The maximum Gasteiger partial charge on any atom is 0.273 e. The van der Waals surface area contributed by atoms with Gasteiger partial charge in [0.1, 0.15) is 4.70 Å². The van der Waals surface area contributed by atoms with E-state index in [9.17, 15) is 9.59 Å². The van der Waals surface area contributed by atoms with E-state index in [0.29, 0.717) is 32.8 Å². The number of thioether (sulfide) groups is 1. The van der Waals surface area contributed by atoms with Crippen molar-refractivity contribution < 1.29 is 4.79 Å². The van der Waals surface area contributed by atoms with Crippen molar-refractivity contribution in [1.29, 1.82) is 0 Å². The van der Waals surface area contributed by atoms with Crippen LogP contribution in [0.25, 0.3) is 10.3 Å². The number of nitrogens with zero attached hydrogens (tertiary/aromatic N) is 4. The molecule has 1 aromatic carbocycles. The van der Waals surface area contributed by atoms with Crippen LogP contribution < -0.4 is 15.8 Å². The summed E-state index contributed by atoms with van der Waals surface area (Å²) >= 11 is 8.79. The van der Waals surface area contributed by atoms with Crippen molar-refractivity contribution in [2.45, 2.75) is 45.3 Å². The molecule has 0 unspecified atom stereocenters. The zero-order valence-electron chi connectivity index (χ0n) is 18.4. The van der Waals surface area contributed by atoms with Crippen LogP contribution in [-0.4, -0.2) is 39.3 Å². The van der Waals surface area contributed by atoms with E-state index in [4.69, 9.17) is 11.6 Å². The Balaban J connectivity index is 1.53. The van der Waals surface area contributed by atoms with Crippen molar-refractivity contribution in [3.63, 3.8) is 0 Å². The highest BCUT2D eigenvalue weighted by Gasteiger charge is 2.22. The molecule has 170 valence electrons. The number of hydrogen-bond acceptors (Lipinski definition) is 7. The average Bonchev–Trinajstić information content (AvgIpc) is 3.20. The van der Waals surface area contributed by atoms with Crippen LogP contribution in [0.4, 0.5) is 10.8 Å². The highest BCUT2D eigenvalue weighted by molar-refractivity contribution is 7.99. The molecule has 0 spiro atoms. The van der Waals surface area contributed by atoms with Gasteiger partial charge in [-0.05, 0) is 50.3 Å². The number of carbonyl (C=O) groups excluding carboxylic acids is 1. The summed E-state index contributed by atoms with van der Waals surface area (Å²) in [4.78, 5) is 37.2. The fourth-order valence-corrected chi connectivity index (χ4v) is 5.69. The SMILES string of the molecule is CCn1c(SCC(=O)Nc2cccc(Cl)c2C)nc2nc(N3CCC(C)CC3)sc2c1=O. The highest BCUT2D eigenvalue weighted by Crippen LogP contribution is 2.30. The van der Waals surface area contributed by atoms with Crippen LogP contribution in [-0.2, 0) is 11.3 Å². The first-order valence-corrected chi connectivity index (χ1v) is 12.9. The maximum absolute atomic E-state index is 13.1. The van der Waals surface area contributed by atoms with Crippen molar-refractivity contribution in [1.82, 2.24) is 14.5 Å². The Morgan fingerprint density at radius 1 is 1.31 bits per heavy atom. The van der Waals surface area contributed by atoms with Crippen LogP contribution in [0.15, 0.2) is 28.2 Å². The highest BCUT2D eigenvalue weighted by atomic mass is 35.5. The lowest BCUT2D eigenvalue weighted by atomic mass is 10.00. The predicted octanol–water partition coefficient (Wildman–Crippen LogP) is 4.80. The topological polar surface area (TPSA) is 80.1 Å². The molecule has 4 rings (SSSR count). The molecule has 0 radical (unpaired) electrons. The number of rotatable bonds is 6. The van der Waals surface area contributed by atoms with Crippen LogP contribution >= 0.6 is 34.7 Å². The number of carbonyl (C=O) groups is 1. The Morgan fingerprint density at radius 2 is 2.06 bits per heavy atom. The standard InChI is InChI=1S/C22H26ClN5O2S2/c1-4-28-20(30)18-19(25-21(32-18)27-10-8-13(2)9-11-27)26-22(28)31-12-17(29)24-16-7-5-6-15(23)14(16)3/h5-7,13H,4,8-12H2,1-3H3,(H,24,29). The molecular formula is C22H26ClN5O2S2. The third-order valence-electron chi connectivity index (χ3n) is 5.71. The molecule has 7 nitrogen and oxygen atoms in total. The van der Waals surface area contributed by atoms with E-state index >= 15 is 0 Å². The molecule has 3 heterocycles. The van der Waals surface area contributed by atoms with Gasteiger partial charge in [0, 0.05) is 30.3 Å². The van der Waals surface area contributed by atoms with Gasteiger partial charge in [-0.2, -0.15) is 4.98 Å². The van der Waals surface area contributed by atoms with Crippen molar-refractivity contribution in [2.24, 2.45) is 5.92 Å². The summed E-state index contributed by atoms with van der Waals surface area (Å²) in [5.74, 6) is 0.671. The van der Waals surface area contributed by atoms with E-state index in [1.54, 1.807) is 16.7 Å². The van der Waals surface area contributed by atoms with Gasteiger partial charge >= 0.3 is 0 Å². The normalized spacial score (nSPS) is 14.8. The fourth-order valence-electron chi connectivity index (χ4n) is 3.66. The summed E-state index contributed by atoms with van der Waals surface area (Å²) in [7, 11) is 0. The molecule has 2 aromatic heterocycles. The van der Waals surface area contributed by atoms with E-state index < -0.39 is 0 Å². The van der Waals surface area contributed by atoms with Gasteiger partial charge in [-0.1, -0.05) is 47.7 Å². The number of piperidine rings is 1. The lowest BCUT2D eigenvalue weighted by Crippen LogP contribution is -2.32. The number of fused-ring (bicyclic) bond motifs is 1. The smallest absolute Gasteiger partial charge is 0.273 e. The van der Waals surface area contributed by atoms with Crippen molar-refractivity contribution in [2.75, 3.05) is 29.1 Å². The summed E-state index contributed by atoms with van der Waals surface area (Å²) in [5.41, 5.74) is 1.87. The second kappa shape index (κ2) is 9.80. The van der Waals surface area contributed by atoms with E-state index in [-0.39, 0.29) is 17.2 Å². The van der Waals surface area contributed by atoms with E-state index in [2.05, 4.69) is 27.1 Å². The molecule has 1 N–H and O–H groups in total. The van der Waals surface area contributed by atoms with Crippen molar-refractivity contribution in [3.8, 4) is 0 Å². The molecule has 0 atom stereocenters. The molecule has 10 heteroatoms. The predicted molar refractivity (Wildman–Crippen MR) is 134 cm³/mol. The number of benzene rings is 1. The summed E-state index contributed by atoms with van der Waals surface area (Å²) in [6.45, 7) is 8.42. The van der Waals surface area contributed by atoms with E-state index in [0.717, 1.165) is 42.5 Å². The molecule has 1 aliphatic heterocycles. The van der Waals surface area contributed by atoms with Crippen molar-refractivity contribution >= 4 is 61.8 Å². The Labute approximate surface area is 200 Å². The van der Waals surface area contributed by atoms with Gasteiger partial charge in [0.05, 0.1) is 5.75 Å². The van der Waals surface area contributed by atoms with Gasteiger partial charge in [0.25, 0.3) is 5.56 Å². The molecule has 1 amide bonds. The number of hydrogen-bond donors (Lipinski definition) is 1. The number of thiazole rings is 1. The number of nitrogens with one attached hydrogen (secondary N) is 1. The zero-order valence-corrected chi connectivity index (χ0v) is 20.7. The first-order valence-electron chi connectivity index (χ1n) is 10.7. The first-order chi connectivity index (χ1) is 15.4. The second-order valence-corrected chi connectivity index (χ2v) is 10.3. The van der Waals surface area contributed by atoms with Gasteiger partial charge in [-0.15, -0.1) is 0 Å². The van der Waals surface area contributed by atoms with Gasteiger partial charge in [0.15, 0.2) is 15.9 Å². The monoisotopic (exact) mass is 491 g/mol. The largest absolute Gasteiger partial charge is 0.348 e. The number of anilines is 2. The minimum Gasteiger partial charge on any atom is -0.348 e. The zero-order chi connectivity index (χ0) is 22.8. The third-order valence-corrected chi connectivity index (χ3v) is 8.19. The van der Waals surface area contributed by atoms with Gasteiger partial charge in [-0.25, -0.2) is 4.98 Å². The van der Waals surface area contributed by atoms with Gasteiger partial charge in [0.2, 0.25) is 5.91 Å². The van der Waals surface area contributed by atoms with E-state index in [1.807, 2.05) is 19.9 Å². The third kappa shape index (κ3) is 4.79. The quantitative estimate of drug-likeness (QED) is 0.394. The van der Waals surface area contributed by atoms with Crippen LogP contribution in [0.1, 0.15) is 32.3 Å². The molecular weight excluding hydrogens is 466 g/mol. The maximum atomic E-state index is 13.1. The molecule has 1 aliphatic rings. The summed E-state index contributed by atoms with van der Waals surface area (Å²) in [6, 6.07) is 5.40. The van der Waals surface area contributed by atoms with Gasteiger partial charge in [-0.3, -0.25) is 14.2 Å².